The SMILES string of the molecule is C=C(C)c1cn(C)c2ccccc12. The summed E-state index contributed by atoms with van der Waals surface area (Å²) in [6, 6.07) is 8.39. The van der Waals surface area contributed by atoms with E-state index in [1.807, 2.05) is 6.92 Å². The molecule has 0 spiro atoms. The van der Waals surface area contributed by atoms with Crippen LogP contribution in [0.1, 0.15) is 12.5 Å². The molecule has 0 saturated heterocycles. The molecule has 1 aromatic carbocycles. The Balaban J connectivity index is 2.85. The zero-order valence-corrected chi connectivity index (χ0v) is 8.04. The Morgan fingerprint density at radius 2 is 2.00 bits per heavy atom. The Morgan fingerprint density at radius 1 is 1.31 bits per heavy atom. The summed E-state index contributed by atoms with van der Waals surface area (Å²) in [5, 5.41) is 1.29. The molecule has 1 aromatic heterocycles. The number of allylic oxidation sites excluding steroid dienone is 1. The number of para-hydroxylation sites is 1. The first-order chi connectivity index (χ1) is 6.20. The smallest absolute Gasteiger partial charge is 0.0484 e. The molecule has 1 nitrogen and oxygen atoms in total. The zero-order valence-electron chi connectivity index (χ0n) is 8.04. The predicted octanol–water partition coefficient (Wildman–Crippen LogP) is 3.21. The summed E-state index contributed by atoms with van der Waals surface area (Å²) in [7, 11) is 2.06. The first-order valence-electron chi connectivity index (χ1n) is 4.40. The van der Waals surface area contributed by atoms with Crippen molar-refractivity contribution in [2.75, 3.05) is 0 Å². The fourth-order valence-electron chi connectivity index (χ4n) is 1.68. The highest BCUT2D eigenvalue weighted by Crippen LogP contribution is 2.24. The fraction of sp³-hybridized carbons (Fsp3) is 0.167. The molecule has 0 bridgehead atoms. The van der Waals surface area contributed by atoms with Gasteiger partial charge in [0.05, 0.1) is 0 Å². The largest absolute Gasteiger partial charge is 0.350 e. The second kappa shape index (κ2) is 2.77. The second-order valence-electron chi connectivity index (χ2n) is 3.45. The molecule has 2 aromatic rings. The molecule has 2 rings (SSSR count). The van der Waals surface area contributed by atoms with E-state index in [1.54, 1.807) is 0 Å². The van der Waals surface area contributed by atoms with Gasteiger partial charge in [0.2, 0.25) is 0 Å². The maximum atomic E-state index is 3.98. The molecule has 0 aliphatic carbocycles. The Hall–Kier alpha value is -1.50. The second-order valence-corrected chi connectivity index (χ2v) is 3.45. The van der Waals surface area contributed by atoms with Crippen LogP contribution < -0.4 is 0 Å². The normalized spacial score (nSPS) is 10.6. The Bertz CT molecular complexity index is 463. The minimum atomic E-state index is 1.12. The van der Waals surface area contributed by atoms with Crippen molar-refractivity contribution in [3.8, 4) is 0 Å². The number of fused-ring (bicyclic) bond motifs is 1. The molecule has 0 N–H and O–H groups in total. The highest BCUT2D eigenvalue weighted by atomic mass is 14.9. The van der Waals surface area contributed by atoms with Gasteiger partial charge < -0.3 is 4.57 Å². The van der Waals surface area contributed by atoms with Gasteiger partial charge in [0, 0.05) is 29.7 Å². The van der Waals surface area contributed by atoms with E-state index in [0.29, 0.717) is 0 Å². The third kappa shape index (κ3) is 1.17. The summed E-state index contributed by atoms with van der Waals surface area (Å²) in [4.78, 5) is 0. The van der Waals surface area contributed by atoms with Crippen molar-refractivity contribution in [3.63, 3.8) is 0 Å². The predicted molar refractivity (Wildman–Crippen MR) is 57.6 cm³/mol. The average molecular weight is 171 g/mol. The lowest BCUT2D eigenvalue weighted by Gasteiger charge is -1.94. The lowest BCUT2D eigenvalue weighted by atomic mass is 10.1. The van der Waals surface area contributed by atoms with E-state index in [4.69, 9.17) is 0 Å². The number of hydrogen-bond donors (Lipinski definition) is 0. The van der Waals surface area contributed by atoms with Gasteiger partial charge in [0.15, 0.2) is 0 Å². The molecule has 1 heterocycles. The lowest BCUT2D eigenvalue weighted by Crippen LogP contribution is -1.81. The highest BCUT2D eigenvalue weighted by molar-refractivity contribution is 5.92. The van der Waals surface area contributed by atoms with Crippen LogP contribution in [0, 0.1) is 0 Å². The van der Waals surface area contributed by atoms with Gasteiger partial charge in [-0.05, 0) is 18.6 Å². The van der Waals surface area contributed by atoms with Crippen molar-refractivity contribution in [2.45, 2.75) is 6.92 Å². The number of hydrogen-bond acceptors (Lipinski definition) is 0. The van der Waals surface area contributed by atoms with Crippen molar-refractivity contribution in [2.24, 2.45) is 7.05 Å². The fourth-order valence-corrected chi connectivity index (χ4v) is 1.68. The van der Waals surface area contributed by atoms with E-state index in [9.17, 15) is 0 Å². The van der Waals surface area contributed by atoms with Gasteiger partial charge in [0.25, 0.3) is 0 Å². The number of aromatic nitrogens is 1. The zero-order chi connectivity index (χ0) is 9.42. The molecular weight excluding hydrogens is 158 g/mol. The van der Waals surface area contributed by atoms with Crippen LogP contribution in [0.15, 0.2) is 37.0 Å². The third-order valence-corrected chi connectivity index (χ3v) is 2.36. The molecule has 13 heavy (non-hydrogen) atoms. The summed E-state index contributed by atoms with van der Waals surface area (Å²) in [5.74, 6) is 0. The van der Waals surface area contributed by atoms with Crippen molar-refractivity contribution < 1.29 is 0 Å². The van der Waals surface area contributed by atoms with E-state index in [0.717, 1.165) is 5.57 Å². The van der Waals surface area contributed by atoms with Crippen LogP contribution in [0.2, 0.25) is 0 Å². The van der Waals surface area contributed by atoms with E-state index in [1.165, 1.54) is 16.5 Å². The number of benzene rings is 1. The Morgan fingerprint density at radius 3 is 2.69 bits per heavy atom. The Kier molecular flexibility index (Phi) is 1.73. The number of nitrogens with zero attached hydrogens (tertiary/aromatic N) is 1. The van der Waals surface area contributed by atoms with Crippen LogP contribution in [0.4, 0.5) is 0 Å². The van der Waals surface area contributed by atoms with Gasteiger partial charge in [-0.2, -0.15) is 0 Å². The quantitative estimate of drug-likeness (QED) is 0.621. The van der Waals surface area contributed by atoms with Crippen molar-refractivity contribution in [3.05, 3.63) is 42.6 Å². The topological polar surface area (TPSA) is 4.93 Å². The van der Waals surface area contributed by atoms with Crippen molar-refractivity contribution in [1.82, 2.24) is 4.57 Å². The van der Waals surface area contributed by atoms with Gasteiger partial charge in [-0.15, -0.1) is 0 Å². The minimum Gasteiger partial charge on any atom is -0.350 e. The summed E-state index contributed by atoms with van der Waals surface area (Å²) in [6.07, 6.45) is 2.13. The first-order valence-corrected chi connectivity index (χ1v) is 4.40. The average Bonchev–Trinajstić information content (AvgIpc) is 2.45. The van der Waals surface area contributed by atoms with Crippen LogP contribution >= 0.6 is 0 Å². The van der Waals surface area contributed by atoms with Crippen molar-refractivity contribution in [1.29, 1.82) is 0 Å². The minimum absolute atomic E-state index is 1.12. The van der Waals surface area contributed by atoms with Crippen LogP contribution in [-0.2, 0) is 7.05 Å². The summed E-state index contributed by atoms with van der Waals surface area (Å²) in [6.45, 7) is 6.02. The van der Waals surface area contributed by atoms with Gasteiger partial charge in [0.1, 0.15) is 0 Å². The van der Waals surface area contributed by atoms with Gasteiger partial charge in [-0.25, -0.2) is 0 Å². The molecule has 0 unspecified atom stereocenters. The van der Waals surface area contributed by atoms with Crippen LogP contribution in [-0.4, -0.2) is 4.57 Å². The maximum absolute atomic E-state index is 3.98. The summed E-state index contributed by atoms with van der Waals surface area (Å²) in [5.41, 5.74) is 3.63. The molecule has 0 aliphatic rings. The van der Waals surface area contributed by atoms with Crippen LogP contribution in [0.25, 0.3) is 16.5 Å². The molecule has 1 heteroatoms. The monoisotopic (exact) mass is 171 g/mol. The number of aryl methyl sites for hydroxylation is 1. The van der Waals surface area contributed by atoms with Crippen LogP contribution in [0.5, 0.6) is 0 Å². The summed E-state index contributed by atoms with van der Waals surface area (Å²) < 4.78 is 2.14. The Labute approximate surface area is 78.3 Å². The van der Waals surface area contributed by atoms with Gasteiger partial charge >= 0.3 is 0 Å². The molecule has 66 valence electrons. The number of rotatable bonds is 1. The van der Waals surface area contributed by atoms with Crippen LogP contribution in [0.3, 0.4) is 0 Å². The van der Waals surface area contributed by atoms with Crippen molar-refractivity contribution >= 4 is 16.5 Å². The van der Waals surface area contributed by atoms with Gasteiger partial charge in [-0.1, -0.05) is 24.8 Å². The maximum Gasteiger partial charge on any atom is 0.0484 e. The molecule has 0 fully saturated rings. The van der Waals surface area contributed by atoms with E-state index >= 15 is 0 Å². The molecule has 0 saturated carbocycles. The highest BCUT2D eigenvalue weighted by Gasteiger charge is 2.04. The summed E-state index contributed by atoms with van der Waals surface area (Å²) >= 11 is 0. The molecular formula is C12H13N. The lowest BCUT2D eigenvalue weighted by molar-refractivity contribution is 0.967. The first kappa shape index (κ1) is 8.11. The molecule has 0 atom stereocenters. The van der Waals surface area contributed by atoms with E-state index < -0.39 is 0 Å². The standard InChI is InChI=1S/C12H13N/c1-9(2)11-8-13(3)12-7-5-4-6-10(11)12/h4-8H,1H2,2-3H3. The molecule has 0 amide bonds. The third-order valence-electron chi connectivity index (χ3n) is 2.36. The van der Waals surface area contributed by atoms with E-state index in [-0.39, 0.29) is 0 Å². The van der Waals surface area contributed by atoms with E-state index in [2.05, 4.69) is 48.7 Å². The van der Waals surface area contributed by atoms with Gasteiger partial charge in [-0.3, -0.25) is 0 Å². The molecule has 0 radical (unpaired) electrons. The molecule has 0 aliphatic heterocycles.